The maximum absolute atomic E-state index is 12.6. The summed E-state index contributed by atoms with van der Waals surface area (Å²) in [4.78, 5) is 28.5. The molecule has 3 rings (SSSR count). The topological polar surface area (TPSA) is 61.9 Å². The fourth-order valence-electron chi connectivity index (χ4n) is 3.68. The number of para-hydroxylation sites is 2. The first-order valence-electron chi connectivity index (χ1n) is 9.05. The second kappa shape index (κ2) is 7.33. The van der Waals surface area contributed by atoms with E-state index in [1.807, 2.05) is 38.1 Å². The van der Waals surface area contributed by atoms with Crippen molar-refractivity contribution < 1.29 is 14.3 Å². The third-order valence-corrected chi connectivity index (χ3v) is 5.42. The number of urea groups is 1. The van der Waals surface area contributed by atoms with Crippen LogP contribution in [0.25, 0.3) is 0 Å². The van der Waals surface area contributed by atoms with Crippen LogP contribution >= 0.6 is 0 Å². The molecular formula is C19H27N3O3. The molecule has 2 aliphatic rings. The number of ether oxygens (including phenoxy) is 1. The predicted octanol–water partition coefficient (Wildman–Crippen LogP) is 2.49. The average molecular weight is 345 g/mol. The van der Waals surface area contributed by atoms with Crippen molar-refractivity contribution in [2.24, 2.45) is 11.8 Å². The Labute approximate surface area is 149 Å². The van der Waals surface area contributed by atoms with Crippen LogP contribution < -0.4 is 15.0 Å². The number of nitrogens with one attached hydrogen (secondary N) is 1. The number of nitrogens with zero attached hydrogens (tertiary/aromatic N) is 2. The van der Waals surface area contributed by atoms with Gasteiger partial charge in [-0.1, -0.05) is 32.4 Å². The lowest BCUT2D eigenvalue weighted by atomic mass is 9.99. The molecular weight excluding hydrogens is 318 g/mol. The standard InChI is InChI=1S/C19H27N3O3/c1-4-13(2)17-18(23)22(19(24)20-17)12-14-9-10-21(11-14)15-7-5-6-8-16(15)25-3/h5-8,13-14,17H,4,9-12H2,1-3H3,(H,20,24)/t13-,14?,17-/m0/s1. The molecule has 1 N–H and O–H groups in total. The van der Waals surface area contributed by atoms with E-state index in [4.69, 9.17) is 4.74 Å². The number of carbonyl (C=O) groups is 2. The molecule has 6 heteroatoms. The smallest absolute Gasteiger partial charge is 0.324 e. The summed E-state index contributed by atoms with van der Waals surface area (Å²) in [5.41, 5.74) is 1.07. The Hall–Kier alpha value is -2.24. The van der Waals surface area contributed by atoms with Crippen LogP contribution in [0, 0.1) is 11.8 Å². The maximum Gasteiger partial charge on any atom is 0.324 e. The zero-order valence-corrected chi connectivity index (χ0v) is 15.2. The van der Waals surface area contributed by atoms with Gasteiger partial charge < -0.3 is 15.0 Å². The van der Waals surface area contributed by atoms with Gasteiger partial charge in [-0.2, -0.15) is 0 Å². The highest BCUT2D eigenvalue weighted by molar-refractivity contribution is 6.04. The van der Waals surface area contributed by atoms with Gasteiger partial charge in [0.15, 0.2) is 0 Å². The number of methoxy groups -OCH3 is 1. The number of hydrogen-bond donors (Lipinski definition) is 1. The summed E-state index contributed by atoms with van der Waals surface area (Å²) in [6.07, 6.45) is 1.83. The number of carbonyl (C=O) groups excluding carboxylic acids is 2. The quantitative estimate of drug-likeness (QED) is 0.805. The Morgan fingerprint density at radius 3 is 2.80 bits per heavy atom. The first-order valence-corrected chi connectivity index (χ1v) is 9.05. The van der Waals surface area contributed by atoms with E-state index in [-0.39, 0.29) is 29.8 Å². The molecule has 3 atom stereocenters. The van der Waals surface area contributed by atoms with Crippen LogP contribution in [-0.2, 0) is 4.79 Å². The van der Waals surface area contributed by atoms with E-state index in [9.17, 15) is 9.59 Å². The van der Waals surface area contributed by atoms with Crippen molar-refractivity contribution in [1.82, 2.24) is 10.2 Å². The first-order chi connectivity index (χ1) is 12.0. The summed E-state index contributed by atoms with van der Waals surface area (Å²) < 4.78 is 5.44. The van der Waals surface area contributed by atoms with Crippen molar-refractivity contribution in [3.8, 4) is 5.75 Å². The molecule has 1 unspecified atom stereocenters. The summed E-state index contributed by atoms with van der Waals surface area (Å²) >= 11 is 0. The van der Waals surface area contributed by atoms with Gasteiger partial charge in [-0.15, -0.1) is 0 Å². The highest BCUT2D eigenvalue weighted by atomic mass is 16.5. The average Bonchev–Trinajstić information content (AvgIpc) is 3.21. The number of anilines is 1. The van der Waals surface area contributed by atoms with Crippen LogP contribution in [-0.4, -0.2) is 49.6 Å². The lowest BCUT2D eigenvalue weighted by Crippen LogP contribution is -2.38. The molecule has 2 saturated heterocycles. The Kier molecular flexibility index (Phi) is 5.16. The number of benzene rings is 1. The van der Waals surface area contributed by atoms with Crippen molar-refractivity contribution in [2.75, 3.05) is 31.6 Å². The molecule has 0 radical (unpaired) electrons. The first kappa shape index (κ1) is 17.6. The number of amides is 3. The Bertz CT molecular complexity index is 649. The molecule has 2 fully saturated rings. The van der Waals surface area contributed by atoms with Crippen molar-refractivity contribution in [3.63, 3.8) is 0 Å². The summed E-state index contributed by atoms with van der Waals surface area (Å²) in [7, 11) is 1.68. The second-order valence-electron chi connectivity index (χ2n) is 7.03. The molecule has 2 heterocycles. The van der Waals surface area contributed by atoms with E-state index >= 15 is 0 Å². The second-order valence-corrected chi connectivity index (χ2v) is 7.03. The van der Waals surface area contributed by atoms with Gasteiger partial charge in [-0.3, -0.25) is 9.69 Å². The van der Waals surface area contributed by atoms with E-state index in [1.54, 1.807) is 7.11 Å². The van der Waals surface area contributed by atoms with Crippen molar-refractivity contribution >= 4 is 17.6 Å². The Balaban J connectivity index is 1.64. The molecule has 2 aliphatic heterocycles. The van der Waals surface area contributed by atoms with Crippen LogP contribution in [0.5, 0.6) is 5.75 Å². The monoisotopic (exact) mass is 345 g/mol. The zero-order chi connectivity index (χ0) is 18.0. The molecule has 0 aliphatic carbocycles. The van der Waals surface area contributed by atoms with Crippen LogP contribution in [0.1, 0.15) is 26.7 Å². The third-order valence-electron chi connectivity index (χ3n) is 5.42. The van der Waals surface area contributed by atoms with E-state index in [1.165, 1.54) is 4.90 Å². The summed E-state index contributed by atoms with van der Waals surface area (Å²) in [6, 6.07) is 7.35. The van der Waals surface area contributed by atoms with E-state index in [0.717, 1.165) is 37.4 Å². The predicted molar refractivity (Wildman–Crippen MR) is 96.8 cm³/mol. The van der Waals surface area contributed by atoms with Gasteiger partial charge >= 0.3 is 6.03 Å². The lowest BCUT2D eigenvalue weighted by molar-refractivity contribution is -0.128. The summed E-state index contributed by atoms with van der Waals surface area (Å²) in [5, 5.41) is 2.84. The normalized spacial score (nSPS) is 24.6. The fourth-order valence-corrected chi connectivity index (χ4v) is 3.68. The highest BCUT2D eigenvalue weighted by Crippen LogP contribution is 2.32. The van der Waals surface area contributed by atoms with E-state index < -0.39 is 0 Å². The molecule has 0 saturated carbocycles. The Morgan fingerprint density at radius 2 is 2.08 bits per heavy atom. The van der Waals surface area contributed by atoms with Gasteiger partial charge in [0.2, 0.25) is 0 Å². The SMILES string of the molecule is CC[C@H](C)[C@@H]1NC(=O)N(CC2CCN(c3ccccc3OC)C2)C1=O. The molecule has 0 bridgehead atoms. The van der Waals surface area contributed by atoms with Crippen LogP contribution in [0.15, 0.2) is 24.3 Å². The van der Waals surface area contributed by atoms with Crippen molar-refractivity contribution in [3.05, 3.63) is 24.3 Å². The minimum atomic E-state index is -0.371. The van der Waals surface area contributed by atoms with Crippen LogP contribution in [0.4, 0.5) is 10.5 Å². The molecule has 1 aromatic rings. The minimum absolute atomic E-state index is 0.0740. The number of hydrogen-bond acceptors (Lipinski definition) is 4. The van der Waals surface area contributed by atoms with Crippen LogP contribution in [0.2, 0.25) is 0 Å². The van der Waals surface area contributed by atoms with Gasteiger partial charge in [0.05, 0.1) is 12.8 Å². The lowest BCUT2D eigenvalue weighted by Gasteiger charge is -2.22. The van der Waals surface area contributed by atoms with E-state index in [0.29, 0.717) is 6.54 Å². The van der Waals surface area contributed by atoms with Gasteiger partial charge in [0.1, 0.15) is 11.8 Å². The summed E-state index contributed by atoms with van der Waals surface area (Å²) in [5.74, 6) is 1.23. The molecule has 0 aromatic heterocycles. The number of imide groups is 1. The summed E-state index contributed by atoms with van der Waals surface area (Å²) in [6.45, 7) is 6.26. The third kappa shape index (κ3) is 3.43. The van der Waals surface area contributed by atoms with Gasteiger partial charge in [-0.25, -0.2) is 4.79 Å². The van der Waals surface area contributed by atoms with Crippen molar-refractivity contribution in [1.29, 1.82) is 0 Å². The molecule has 6 nitrogen and oxygen atoms in total. The largest absolute Gasteiger partial charge is 0.495 e. The van der Waals surface area contributed by atoms with E-state index in [2.05, 4.69) is 10.2 Å². The zero-order valence-electron chi connectivity index (χ0n) is 15.2. The molecule has 3 amide bonds. The minimum Gasteiger partial charge on any atom is -0.495 e. The van der Waals surface area contributed by atoms with Gasteiger partial charge in [-0.05, 0) is 30.4 Å². The molecule has 25 heavy (non-hydrogen) atoms. The van der Waals surface area contributed by atoms with Gasteiger partial charge in [0.25, 0.3) is 5.91 Å². The fraction of sp³-hybridized carbons (Fsp3) is 0.579. The Morgan fingerprint density at radius 1 is 1.32 bits per heavy atom. The highest BCUT2D eigenvalue weighted by Gasteiger charge is 2.41. The maximum atomic E-state index is 12.6. The molecule has 1 aromatic carbocycles. The van der Waals surface area contributed by atoms with Crippen molar-refractivity contribution in [2.45, 2.75) is 32.7 Å². The van der Waals surface area contributed by atoms with Gasteiger partial charge in [0, 0.05) is 19.6 Å². The molecule has 136 valence electrons. The van der Waals surface area contributed by atoms with Crippen LogP contribution in [0.3, 0.4) is 0 Å². The number of rotatable bonds is 6. The molecule has 0 spiro atoms.